The maximum Gasteiger partial charge on any atom is 0.337 e. The fraction of sp³-hybridized carbons (Fsp3) is 0.0417. The topological polar surface area (TPSA) is 72.5 Å². The van der Waals surface area contributed by atoms with Gasteiger partial charge in [0, 0.05) is 11.3 Å². The summed E-state index contributed by atoms with van der Waals surface area (Å²) in [4.78, 5) is 37.5. The second-order valence-electron chi connectivity index (χ2n) is 6.19. The van der Waals surface area contributed by atoms with E-state index in [1.54, 1.807) is 78.9 Å². The molecule has 0 aliphatic heterocycles. The molecule has 144 valence electrons. The number of Topliss-reactive ketones (excluding diaryl/α,β-unsaturated/α-hetero) is 1. The summed E-state index contributed by atoms with van der Waals surface area (Å²) >= 11 is 0. The van der Waals surface area contributed by atoms with Crippen molar-refractivity contribution in [3.05, 3.63) is 107 Å². The van der Waals surface area contributed by atoms with Gasteiger partial charge in [0.05, 0.1) is 18.2 Å². The maximum absolute atomic E-state index is 13.0. The lowest BCUT2D eigenvalue weighted by molar-refractivity contribution is -0.112. The summed E-state index contributed by atoms with van der Waals surface area (Å²) in [6, 6.07) is 24.0. The Morgan fingerprint density at radius 3 is 1.93 bits per heavy atom. The molecule has 3 aromatic carbocycles. The van der Waals surface area contributed by atoms with E-state index >= 15 is 0 Å². The van der Waals surface area contributed by atoms with Gasteiger partial charge < -0.3 is 10.1 Å². The number of amides is 1. The fourth-order valence-corrected chi connectivity index (χ4v) is 2.70. The number of methoxy groups -OCH3 is 1. The summed E-state index contributed by atoms with van der Waals surface area (Å²) in [5, 5.41) is 2.75. The number of hydrogen-bond donors (Lipinski definition) is 1. The third kappa shape index (κ3) is 5.05. The van der Waals surface area contributed by atoms with E-state index in [4.69, 9.17) is 0 Å². The number of carbonyl (C=O) groups excluding carboxylic acids is 3. The van der Waals surface area contributed by atoms with Crippen LogP contribution in [-0.2, 0) is 9.53 Å². The number of para-hydroxylation sites is 1. The van der Waals surface area contributed by atoms with Crippen molar-refractivity contribution in [1.29, 1.82) is 0 Å². The highest BCUT2D eigenvalue weighted by Crippen LogP contribution is 2.17. The highest BCUT2D eigenvalue weighted by molar-refractivity contribution is 6.31. The Kier molecular flexibility index (Phi) is 6.32. The lowest BCUT2D eigenvalue weighted by atomic mass is 9.99. The summed E-state index contributed by atoms with van der Waals surface area (Å²) in [6.45, 7) is 0. The molecule has 0 aliphatic carbocycles. The molecule has 0 radical (unpaired) electrons. The number of anilines is 1. The minimum Gasteiger partial charge on any atom is -0.465 e. The van der Waals surface area contributed by atoms with Crippen LogP contribution in [0.5, 0.6) is 0 Å². The summed E-state index contributed by atoms with van der Waals surface area (Å²) in [6.07, 6.45) is 1.51. The summed E-state index contributed by atoms with van der Waals surface area (Å²) in [5.74, 6) is -1.36. The quantitative estimate of drug-likeness (QED) is 0.225. The van der Waals surface area contributed by atoms with E-state index in [-0.39, 0.29) is 5.57 Å². The molecule has 0 spiro atoms. The first kappa shape index (κ1) is 19.8. The molecule has 3 rings (SSSR count). The predicted octanol–water partition coefficient (Wildman–Crippen LogP) is 4.38. The van der Waals surface area contributed by atoms with Crippen molar-refractivity contribution in [3.8, 4) is 0 Å². The first-order chi connectivity index (χ1) is 14.1. The molecule has 0 heterocycles. The van der Waals surface area contributed by atoms with Crippen LogP contribution in [0.25, 0.3) is 6.08 Å². The molecule has 0 aliphatic rings. The van der Waals surface area contributed by atoms with Crippen molar-refractivity contribution < 1.29 is 19.1 Å². The van der Waals surface area contributed by atoms with Gasteiger partial charge in [0.1, 0.15) is 0 Å². The molecule has 0 unspecified atom stereocenters. The Morgan fingerprint density at radius 2 is 1.34 bits per heavy atom. The number of ketones is 1. The van der Waals surface area contributed by atoms with Gasteiger partial charge >= 0.3 is 5.97 Å². The molecule has 0 saturated heterocycles. The number of benzene rings is 3. The highest BCUT2D eigenvalue weighted by Gasteiger charge is 2.20. The number of carbonyl (C=O) groups is 3. The molecule has 1 amide bonds. The molecule has 29 heavy (non-hydrogen) atoms. The van der Waals surface area contributed by atoms with Crippen LogP contribution >= 0.6 is 0 Å². The number of esters is 1. The van der Waals surface area contributed by atoms with Crippen LogP contribution in [0.15, 0.2) is 90.5 Å². The lowest BCUT2D eigenvalue weighted by Gasteiger charge is -2.09. The SMILES string of the molecule is COC(=O)c1ccc(C=C(C(=O)Nc2ccccc2)C(=O)c2ccccc2)cc1. The molecule has 3 aromatic rings. The number of rotatable bonds is 6. The van der Waals surface area contributed by atoms with Crippen molar-refractivity contribution in [2.45, 2.75) is 0 Å². The predicted molar refractivity (Wildman–Crippen MR) is 112 cm³/mol. The van der Waals surface area contributed by atoms with E-state index in [2.05, 4.69) is 10.1 Å². The summed E-state index contributed by atoms with van der Waals surface area (Å²) in [7, 11) is 1.31. The smallest absolute Gasteiger partial charge is 0.337 e. The van der Waals surface area contributed by atoms with Crippen LogP contribution in [0, 0.1) is 0 Å². The number of ether oxygens (including phenoxy) is 1. The zero-order valence-corrected chi connectivity index (χ0v) is 15.8. The molecule has 5 heteroatoms. The lowest BCUT2D eigenvalue weighted by Crippen LogP contribution is -2.20. The molecule has 0 fully saturated rings. The van der Waals surface area contributed by atoms with Crippen molar-refractivity contribution in [2.75, 3.05) is 12.4 Å². The van der Waals surface area contributed by atoms with Crippen molar-refractivity contribution in [1.82, 2.24) is 0 Å². The standard InChI is InChI=1S/C24H19NO4/c1-29-24(28)19-14-12-17(13-15-19)16-21(22(26)18-8-4-2-5-9-18)23(27)25-20-10-6-3-7-11-20/h2-16H,1H3,(H,25,27). The minimum absolute atomic E-state index is 0.00845. The molecule has 0 bridgehead atoms. The summed E-state index contributed by atoms with van der Waals surface area (Å²) in [5.41, 5.74) is 1.98. The minimum atomic E-state index is -0.512. The van der Waals surface area contributed by atoms with Gasteiger partial charge in [-0.3, -0.25) is 9.59 Å². The average Bonchev–Trinajstić information content (AvgIpc) is 2.78. The van der Waals surface area contributed by atoms with E-state index in [9.17, 15) is 14.4 Å². The monoisotopic (exact) mass is 385 g/mol. The van der Waals surface area contributed by atoms with Crippen molar-refractivity contribution in [2.24, 2.45) is 0 Å². The van der Waals surface area contributed by atoms with Gasteiger partial charge in [-0.1, -0.05) is 60.7 Å². The third-order valence-corrected chi connectivity index (χ3v) is 4.20. The van der Waals surface area contributed by atoms with E-state index in [1.165, 1.54) is 13.2 Å². The van der Waals surface area contributed by atoms with Crippen molar-refractivity contribution >= 4 is 29.4 Å². The zero-order valence-electron chi connectivity index (χ0n) is 15.8. The Bertz CT molecular complexity index is 1040. The van der Waals surface area contributed by atoms with Gasteiger partial charge in [0.25, 0.3) is 5.91 Å². The Morgan fingerprint density at radius 1 is 0.759 bits per heavy atom. The van der Waals surface area contributed by atoms with E-state index < -0.39 is 17.7 Å². The van der Waals surface area contributed by atoms with Gasteiger partial charge in [-0.25, -0.2) is 4.79 Å². The molecular weight excluding hydrogens is 366 g/mol. The second kappa shape index (κ2) is 9.28. The molecule has 1 N–H and O–H groups in total. The zero-order chi connectivity index (χ0) is 20.6. The second-order valence-corrected chi connectivity index (χ2v) is 6.19. The largest absolute Gasteiger partial charge is 0.465 e. The van der Waals surface area contributed by atoms with Crippen LogP contribution in [0.3, 0.4) is 0 Å². The Labute approximate surface area is 168 Å². The van der Waals surface area contributed by atoms with Gasteiger partial charge in [0.15, 0.2) is 5.78 Å². The number of nitrogens with one attached hydrogen (secondary N) is 1. The van der Waals surface area contributed by atoms with Gasteiger partial charge in [-0.15, -0.1) is 0 Å². The van der Waals surface area contributed by atoms with Gasteiger partial charge in [-0.2, -0.15) is 0 Å². The highest BCUT2D eigenvalue weighted by atomic mass is 16.5. The van der Waals surface area contributed by atoms with Crippen LogP contribution in [0.2, 0.25) is 0 Å². The van der Waals surface area contributed by atoms with Crippen molar-refractivity contribution in [3.63, 3.8) is 0 Å². The Hall–Kier alpha value is -3.99. The molecular formula is C24H19NO4. The van der Waals surface area contributed by atoms with Crippen LogP contribution < -0.4 is 5.32 Å². The first-order valence-corrected chi connectivity index (χ1v) is 8.94. The average molecular weight is 385 g/mol. The summed E-state index contributed by atoms with van der Waals surface area (Å²) < 4.78 is 4.69. The van der Waals surface area contributed by atoms with E-state index in [0.29, 0.717) is 22.4 Å². The molecule has 0 aromatic heterocycles. The van der Waals surface area contributed by atoms with Crippen LogP contribution in [-0.4, -0.2) is 24.8 Å². The fourth-order valence-electron chi connectivity index (χ4n) is 2.70. The normalized spacial score (nSPS) is 10.9. The van der Waals surface area contributed by atoms with E-state index in [1.807, 2.05) is 6.07 Å². The van der Waals surface area contributed by atoms with Gasteiger partial charge in [-0.05, 0) is 35.9 Å². The van der Waals surface area contributed by atoms with Crippen LogP contribution in [0.1, 0.15) is 26.3 Å². The molecule has 5 nitrogen and oxygen atoms in total. The maximum atomic E-state index is 13.0. The third-order valence-electron chi connectivity index (χ3n) is 4.20. The molecule has 0 saturated carbocycles. The van der Waals surface area contributed by atoms with Gasteiger partial charge in [0.2, 0.25) is 0 Å². The number of hydrogen-bond acceptors (Lipinski definition) is 4. The first-order valence-electron chi connectivity index (χ1n) is 8.94. The molecule has 0 atom stereocenters. The van der Waals surface area contributed by atoms with E-state index in [0.717, 1.165) is 0 Å². The van der Waals surface area contributed by atoms with Crippen LogP contribution in [0.4, 0.5) is 5.69 Å². The Balaban J connectivity index is 1.95.